The number of Topliss-reactive ketones (excluding diaryl/α,β-unsaturated/α-hetero) is 1. The van der Waals surface area contributed by atoms with Crippen LogP contribution >= 0.6 is 0 Å². The van der Waals surface area contributed by atoms with Gasteiger partial charge < -0.3 is 10.4 Å². The van der Waals surface area contributed by atoms with E-state index in [9.17, 15) is 14.4 Å². The Hall–Kier alpha value is -2.21. The van der Waals surface area contributed by atoms with Crippen molar-refractivity contribution in [2.75, 3.05) is 25.5 Å². The first-order chi connectivity index (χ1) is 9.90. The van der Waals surface area contributed by atoms with Gasteiger partial charge in [-0.1, -0.05) is 12.1 Å². The van der Waals surface area contributed by atoms with Crippen LogP contribution in [0.2, 0.25) is 0 Å². The Bertz CT molecular complexity index is 528. The summed E-state index contributed by atoms with van der Waals surface area (Å²) in [6.45, 7) is 2.11. The number of amides is 1. The first kappa shape index (κ1) is 16.8. The molecule has 0 unspecified atom stereocenters. The second-order valence-electron chi connectivity index (χ2n) is 4.89. The van der Waals surface area contributed by atoms with Gasteiger partial charge in [0.1, 0.15) is 0 Å². The monoisotopic (exact) mass is 292 g/mol. The molecule has 1 amide bonds. The van der Waals surface area contributed by atoms with Crippen LogP contribution in [0.3, 0.4) is 0 Å². The summed E-state index contributed by atoms with van der Waals surface area (Å²) < 4.78 is 0. The summed E-state index contributed by atoms with van der Waals surface area (Å²) in [6, 6.07) is 6.83. The second kappa shape index (κ2) is 8.16. The minimum atomic E-state index is -0.844. The molecular formula is C15H20N2O4. The molecular weight excluding hydrogens is 272 g/mol. The zero-order chi connectivity index (χ0) is 15.8. The Balaban J connectivity index is 2.50. The number of likely N-dealkylation sites (N-methyl/N-ethyl adjacent to an activating group) is 1. The van der Waals surface area contributed by atoms with Crippen molar-refractivity contribution < 1.29 is 19.5 Å². The van der Waals surface area contributed by atoms with Gasteiger partial charge in [0.15, 0.2) is 5.78 Å². The molecule has 6 nitrogen and oxygen atoms in total. The third-order valence-corrected chi connectivity index (χ3v) is 2.92. The molecule has 0 aliphatic heterocycles. The molecule has 114 valence electrons. The number of para-hydroxylation sites is 1. The fourth-order valence-corrected chi connectivity index (χ4v) is 1.91. The summed E-state index contributed by atoms with van der Waals surface area (Å²) in [4.78, 5) is 35.5. The summed E-state index contributed by atoms with van der Waals surface area (Å²) in [5.41, 5.74) is 0.966. The lowest BCUT2D eigenvalue weighted by Gasteiger charge is -2.16. The van der Waals surface area contributed by atoms with E-state index in [0.717, 1.165) is 0 Å². The minimum absolute atomic E-state index is 0.0825. The molecule has 0 atom stereocenters. The van der Waals surface area contributed by atoms with Crippen LogP contribution in [0.1, 0.15) is 30.1 Å². The Labute approximate surface area is 123 Å². The van der Waals surface area contributed by atoms with E-state index >= 15 is 0 Å². The molecule has 0 saturated heterocycles. The number of ketones is 1. The Kier molecular flexibility index (Phi) is 6.55. The fraction of sp³-hybridized carbons (Fsp3) is 0.400. The molecule has 0 aliphatic carbocycles. The van der Waals surface area contributed by atoms with Crippen LogP contribution in [-0.2, 0) is 9.59 Å². The Morgan fingerprint density at radius 3 is 2.52 bits per heavy atom. The number of hydrogen-bond acceptors (Lipinski definition) is 4. The molecule has 21 heavy (non-hydrogen) atoms. The quantitative estimate of drug-likeness (QED) is 0.711. The van der Waals surface area contributed by atoms with Gasteiger partial charge in [-0.2, -0.15) is 0 Å². The summed E-state index contributed by atoms with van der Waals surface area (Å²) in [5, 5.41) is 11.3. The van der Waals surface area contributed by atoms with E-state index in [2.05, 4.69) is 5.32 Å². The molecule has 0 radical (unpaired) electrons. The number of aliphatic carboxylic acids is 1. The molecule has 1 aromatic carbocycles. The standard InChI is InChI=1S/C15H20N2O4/c1-11(18)12-6-3-4-7-13(12)16-14(19)10-17(2)9-5-8-15(20)21/h3-4,6-7H,5,8-10H2,1-2H3,(H,16,19)(H,20,21). The third-order valence-electron chi connectivity index (χ3n) is 2.92. The fourth-order valence-electron chi connectivity index (χ4n) is 1.91. The normalized spacial score (nSPS) is 10.4. The van der Waals surface area contributed by atoms with E-state index in [4.69, 9.17) is 5.11 Å². The van der Waals surface area contributed by atoms with Gasteiger partial charge in [-0.25, -0.2) is 0 Å². The zero-order valence-electron chi connectivity index (χ0n) is 12.3. The summed E-state index contributed by atoms with van der Waals surface area (Å²) in [6.07, 6.45) is 0.572. The average Bonchev–Trinajstić information content (AvgIpc) is 2.38. The number of carboxylic acids is 1. The predicted molar refractivity (Wildman–Crippen MR) is 79.4 cm³/mol. The van der Waals surface area contributed by atoms with Crippen molar-refractivity contribution in [2.24, 2.45) is 0 Å². The van der Waals surface area contributed by atoms with E-state index in [-0.39, 0.29) is 24.7 Å². The van der Waals surface area contributed by atoms with Crippen molar-refractivity contribution in [1.29, 1.82) is 0 Å². The molecule has 1 rings (SSSR count). The average molecular weight is 292 g/mol. The van der Waals surface area contributed by atoms with Crippen molar-refractivity contribution in [3.8, 4) is 0 Å². The highest BCUT2D eigenvalue weighted by Gasteiger charge is 2.11. The lowest BCUT2D eigenvalue weighted by molar-refractivity contribution is -0.137. The molecule has 0 aromatic heterocycles. The minimum Gasteiger partial charge on any atom is -0.481 e. The van der Waals surface area contributed by atoms with E-state index in [1.165, 1.54) is 6.92 Å². The maximum Gasteiger partial charge on any atom is 0.303 e. The van der Waals surface area contributed by atoms with Crippen LogP contribution < -0.4 is 5.32 Å². The highest BCUT2D eigenvalue weighted by atomic mass is 16.4. The SMILES string of the molecule is CC(=O)c1ccccc1NC(=O)CN(C)CCCC(=O)O. The van der Waals surface area contributed by atoms with Gasteiger partial charge in [0.25, 0.3) is 0 Å². The number of benzene rings is 1. The Morgan fingerprint density at radius 1 is 1.24 bits per heavy atom. The summed E-state index contributed by atoms with van der Waals surface area (Å²) >= 11 is 0. The number of carbonyl (C=O) groups excluding carboxylic acids is 2. The largest absolute Gasteiger partial charge is 0.481 e. The molecule has 1 aromatic rings. The maximum atomic E-state index is 11.9. The second-order valence-corrected chi connectivity index (χ2v) is 4.89. The summed E-state index contributed by atoms with van der Waals surface area (Å²) in [5.74, 6) is -1.19. The number of carbonyl (C=O) groups is 3. The van der Waals surface area contributed by atoms with Crippen LogP contribution in [0.25, 0.3) is 0 Å². The zero-order valence-corrected chi connectivity index (χ0v) is 12.3. The smallest absolute Gasteiger partial charge is 0.303 e. The molecule has 0 spiro atoms. The maximum absolute atomic E-state index is 11.9. The summed E-state index contributed by atoms with van der Waals surface area (Å²) in [7, 11) is 1.75. The molecule has 6 heteroatoms. The van der Waals surface area contributed by atoms with Crippen LogP contribution in [0.4, 0.5) is 5.69 Å². The van der Waals surface area contributed by atoms with Crippen molar-refractivity contribution in [3.05, 3.63) is 29.8 Å². The number of nitrogens with one attached hydrogen (secondary N) is 1. The third kappa shape index (κ3) is 6.18. The molecule has 0 aliphatic rings. The molecule has 0 heterocycles. The van der Waals surface area contributed by atoms with E-state index < -0.39 is 5.97 Å². The van der Waals surface area contributed by atoms with Crippen LogP contribution in [0, 0.1) is 0 Å². The molecule has 2 N–H and O–H groups in total. The highest BCUT2D eigenvalue weighted by molar-refractivity contribution is 6.04. The number of nitrogens with zero attached hydrogens (tertiary/aromatic N) is 1. The van der Waals surface area contributed by atoms with E-state index in [0.29, 0.717) is 24.2 Å². The molecule has 0 saturated carbocycles. The van der Waals surface area contributed by atoms with Gasteiger partial charge in [-0.05, 0) is 39.1 Å². The van der Waals surface area contributed by atoms with Crippen LogP contribution in [-0.4, -0.2) is 47.8 Å². The van der Waals surface area contributed by atoms with E-state index in [1.807, 2.05) is 0 Å². The van der Waals surface area contributed by atoms with Gasteiger partial charge in [-0.3, -0.25) is 19.3 Å². The van der Waals surface area contributed by atoms with Crippen molar-refractivity contribution in [2.45, 2.75) is 19.8 Å². The number of anilines is 1. The van der Waals surface area contributed by atoms with Gasteiger partial charge in [0.05, 0.1) is 12.2 Å². The first-order valence-electron chi connectivity index (χ1n) is 6.70. The van der Waals surface area contributed by atoms with Gasteiger partial charge in [-0.15, -0.1) is 0 Å². The van der Waals surface area contributed by atoms with Crippen molar-refractivity contribution in [3.63, 3.8) is 0 Å². The Morgan fingerprint density at radius 2 is 1.90 bits per heavy atom. The van der Waals surface area contributed by atoms with Crippen LogP contribution in [0.15, 0.2) is 24.3 Å². The number of rotatable bonds is 8. The lowest BCUT2D eigenvalue weighted by atomic mass is 10.1. The highest BCUT2D eigenvalue weighted by Crippen LogP contribution is 2.15. The molecule has 0 bridgehead atoms. The number of hydrogen-bond donors (Lipinski definition) is 2. The van der Waals surface area contributed by atoms with Gasteiger partial charge in [0, 0.05) is 12.0 Å². The number of carboxylic acid groups (broad SMARTS) is 1. The molecule has 0 fully saturated rings. The predicted octanol–water partition coefficient (Wildman–Crippen LogP) is 1.62. The first-order valence-corrected chi connectivity index (χ1v) is 6.70. The van der Waals surface area contributed by atoms with Crippen molar-refractivity contribution in [1.82, 2.24) is 4.90 Å². The van der Waals surface area contributed by atoms with Crippen LogP contribution in [0.5, 0.6) is 0 Å². The van der Waals surface area contributed by atoms with Gasteiger partial charge in [0.2, 0.25) is 5.91 Å². The topological polar surface area (TPSA) is 86.7 Å². The van der Waals surface area contributed by atoms with Crippen molar-refractivity contribution >= 4 is 23.3 Å². The van der Waals surface area contributed by atoms with E-state index in [1.54, 1.807) is 36.2 Å². The van der Waals surface area contributed by atoms with Gasteiger partial charge >= 0.3 is 5.97 Å². The lowest BCUT2D eigenvalue weighted by Crippen LogP contribution is -2.31.